The van der Waals surface area contributed by atoms with Gasteiger partial charge in [0.15, 0.2) is 0 Å². The average molecular weight is 369 g/mol. The van der Waals surface area contributed by atoms with Gasteiger partial charge < -0.3 is 5.32 Å². The summed E-state index contributed by atoms with van der Waals surface area (Å²) in [7, 11) is 0. The number of carbonyl (C=O) groups excluding carboxylic acids is 1. The molecule has 1 aromatic heterocycles. The summed E-state index contributed by atoms with van der Waals surface area (Å²) in [5.41, 5.74) is 2.09. The molecule has 0 unspecified atom stereocenters. The summed E-state index contributed by atoms with van der Waals surface area (Å²) in [6, 6.07) is 15.0. The third-order valence-corrected chi connectivity index (χ3v) is 5.02. The van der Waals surface area contributed by atoms with E-state index in [1.165, 1.54) is 6.33 Å². The molecule has 0 aliphatic carbocycles. The maximum Gasteiger partial charge on any atom is 0.251 e. The third kappa shape index (κ3) is 3.63. The minimum Gasteiger partial charge on any atom is -0.343 e. The molecule has 3 aromatic rings. The normalized spacial score (nSPS) is 11.3. The smallest absolute Gasteiger partial charge is 0.251 e. The van der Waals surface area contributed by atoms with E-state index in [0.717, 1.165) is 24.1 Å². The Balaban J connectivity index is 1.83. The van der Waals surface area contributed by atoms with E-state index in [1.54, 1.807) is 23.1 Å². The fraction of sp³-hybridized carbons (Fsp3) is 0.250. The lowest BCUT2D eigenvalue weighted by molar-refractivity contribution is 0.0889. The lowest BCUT2D eigenvalue weighted by atomic mass is 9.84. The van der Waals surface area contributed by atoms with Crippen molar-refractivity contribution in [1.29, 1.82) is 0 Å². The molecule has 6 heteroatoms. The highest BCUT2D eigenvalue weighted by molar-refractivity contribution is 6.30. The second kappa shape index (κ2) is 7.70. The van der Waals surface area contributed by atoms with E-state index >= 15 is 0 Å². The number of nitrogens with zero attached hydrogens (tertiary/aromatic N) is 3. The van der Waals surface area contributed by atoms with Gasteiger partial charge in [-0.05, 0) is 54.8 Å². The Labute approximate surface area is 158 Å². The van der Waals surface area contributed by atoms with Crippen LogP contribution in [0.15, 0.2) is 61.2 Å². The molecule has 0 bridgehead atoms. The van der Waals surface area contributed by atoms with Gasteiger partial charge in [-0.3, -0.25) is 4.79 Å². The topological polar surface area (TPSA) is 59.8 Å². The minimum absolute atomic E-state index is 0.103. The van der Waals surface area contributed by atoms with Gasteiger partial charge in [-0.2, -0.15) is 5.10 Å². The van der Waals surface area contributed by atoms with Gasteiger partial charge in [-0.1, -0.05) is 37.6 Å². The van der Waals surface area contributed by atoms with Crippen LogP contribution >= 0.6 is 11.6 Å². The Kier molecular flexibility index (Phi) is 5.38. The van der Waals surface area contributed by atoms with Crippen LogP contribution in [0.3, 0.4) is 0 Å². The number of amides is 1. The van der Waals surface area contributed by atoms with Crippen molar-refractivity contribution >= 4 is 17.5 Å². The van der Waals surface area contributed by atoms with Gasteiger partial charge in [0.2, 0.25) is 0 Å². The second-order valence-electron chi connectivity index (χ2n) is 6.14. The molecule has 134 valence electrons. The van der Waals surface area contributed by atoms with Crippen molar-refractivity contribution in [2.45, 2.75) is 32.2 Å². The summed E-state index contributed by atoms with van der Waals surface area (Å²) in [6.45, 7) is 4.15. The SMILES string of the molecule is CCC(CC)(NC(=O)c1ccc(-n2cncn2)cc1)c1ccc(Cl)cc1. The van der Waals surface area contributed by atoms with Crippen LogP contribution in [-0.4, -0.2) is 20.7 Å². The van der Waals surface area contributed by atoms with E-state index in [0.29, 0.717) is 10.6 Å². The number of aromatic nitrogens is 3. The van der Waals surface area contributed by atoms with Crippen LogP contribution in [-0.2, 0) is 5.54 Å². The number of rotatable bonds is 6. The van der Waals surface area contributed by atoms with Crippen LogP contribution in [0.2, 0.25) is 5.02 Å². The fourth-order valence-electron chi connectivity index (χ4n) is 3.07. The molecule has 0 saturated heterocycles. The predicted molar refractivity (Wildman–Crippen MR) is 103 cm³/mol. The van der Waals surface area contributed by atoms with Crippen molar-refractivity contribution in [3.8, 4) is 5.69 Å². The molecular weight excluding hydrogens is 348 g/mol. The third-order valence-electron chi connectivity index (χ3n) is 4.77. The molecular formula is C20H21ClN4O. The largest absolute Gasteiger partial charge is 0.343 e. The first-order chi connectivity index (χ1) is 12.6. The minimum atomic E-state index is -0.424. The molecule has 0 radical (unpaired) electrons. The zero-order chi connectivity index (χ0) is 18.6. The Bertz CT molecular complexity index is 854. The average Bonchev–Trinajstić information content (AvgIpc) is 3.22. The Hall–Kier alpha value is -2.66. The van der Waals surface area contributed by atoms with Crippen molar-refractivity contribution in [2.24, 2.45) is 0 Å². The molecule has 0 aliphatic rings. The number of carbonyl (C=O) groups is 1. The number of hydrogen-bond acceptors (Lipinski definition) is 3. The summed E-state index contributed by atoms with van der Waals surface area (Å²) in [6.07, 6.45) is 4.67. The fourth-order valence-corrected chi connectivity index (χ4v) is 3.20. The summed E-state index contributed by atoms with van der Waals surface area (Å²) >= 11 is 6.01. The van der Waals surface area contributed by atoms with E-state index in [9.17, 15) is 4.79 Å². The van der Waals surface area contributed by atoms with E-state index in [1.807, 2.05) is 36.4 Å². The Morgan fingerprint density at radius 1 is 1.08 bits per heavy atom. The maximum atomic E-state index is 12.8. The monoisotopic (exact) mass is 368 g/mol. The first kappa shape index (κ1) is 18.1. The standard InChI is InChI=1S/C20H21ClN4O/c1-3-20(4-2,16-7-9-17(21)10-8-16)24-19(26)15-5-11-18(12-6-15)25-14-22-13-23-25/h5-14H,3-4H2,1-2H3,(H,24,26). The second-order valence-corrected chi connectivity index (χ2v) is 6.57. The van der Waals surface area contributed by atoms with Crippen molar-refractivity contribution in [3.05, 3.63) is 77.3 Å². The van der Waals surface area contributed by atoms with Crippen molar-refractivity contribution in [1.82, 2.24) is 20.1 Å². The van der Waals surface area contributed by atoms with Crippen LogP contribution < -0.4 is 5.32 Å². The van der Waals surface area contributed by atoms with E-state index < -0.39 is 5.54 Å². The van der Waals surface area contributed by atoms with Crippen LogP contribution in [0, 0.1) is 0 Å². The predicted octanol–water partition coefficient (Wildman–Crippen LogP) is 4.37. The number of halogens is 1. The van der Waals surface area contributed by atoms with Crippen molar-refractivity contribution in [2.75, 3.05) is 0 Å². The van der Waals surface area contributed by atoms with Gasteiger partial charge in [0, 0.05) is 10.6 Å². The number of hydrogen-bond donors (Lipinski definition) is 1. The maximum absolute atomic E-state index is 12.8. The summed E-state index contributed by atoms with van der Waals surface area (Å²) in [5, 5.41) is 7.99. The highest BCUT2D eigenvalue weighted by atomic mass is 35.5. The molecule has 5 nitrogen and oxygen atoms in total. The summed E-state index contributed by atoms with van der Waals surface area (Å²) < 4.78 is 1.65. The molecule has 1 heterocycles. The molecule has 0 saturated carbocycles. The highest BCUT2D eigenvalue weighted by Gasteiger charge is 2.30. The van der Waals surface area contributed by atoms with Gasteiger partial charge in [0.1, 0.15) is 12.7 Å². The van der Waals surface area contributed by atoms with Crippen LogP contribution in [0.4, 0.5) is 0 Å². The molecule has 26 heavy (non-hydrogen) atoms. The van der Waals surface area contributed by atoms with Crippen molar-refractivity contribution < 1.29 is 4.79 Å². The zero-order valence-electron chi connectivity index (χ0n) is 14.8. The number of nitrogens with one attached hydrogen (secondary N) is 1. The van der Waals surface area contributed by atoms with Gasteiger partial charge in [0.25, 0.3) is 5.91 Å². The Morgan fingerprint density at radius 2 is 1.73 bits per heavy atom. The molecule has 1 amide bonds. The van der Waals surface area contributed by atoms with Crippen molar-refractivity contribution in [3.63, 3.8) is 0 Å². The van der Waals surface area contributed by atoms with Gasteiger partial charge in [0.05, 0.1) is 11.2 Å². The van der Waals surface area contributed by atoms with Crippen LogP contribution in [0.25, 0.3) is 5.69 Å². The van der Waals surface area contributed by atoms with Crippen LogP contribution in [0.1, 0.15) is 42.6 Å². The first-order valence-corrected chi connectivity index (χ1v) is 8.99. The molecule has 0 atom stereocenters. The van der Waals surface area contributed by atoms with Crippen LogP contribution in [0.5, 0.6) is 0 Å². The van der Waals surface area contributed by atoms with Gasteiger partial charge in [-0.15, -0.1) is 0 Å². The molecule has 3 rings (SSSR count). The van der Waals surface area contributed by atoms with Gasteiger partial charge in [-0.25, -0.2) is 9.67 Å². The Morgan fingerprint density at radius 3 is 2.27 bits per heavy atom. The lowest BCUT2D eigenvalue weighted by Crippen LogP contribution is -2.45. The molecule has 0 spiro atoms. The molecule has 0 aliphatic heterocycles. The molecule has 0 fully saturated rings. The van der Waals surface area contributed by atoms with E-state index in [4.69, 9.17) is 11.6 Å². The quantitative estimate of drug-likeness (QED) is 0.703. The molecule has 2 aromatic carbocycles. The molecule has 1 N–H and O–H groups in total. The summed E-state index contributed by atoms with van der Waals surface area (Å²) in [5.74, 6) is -0.103. The zero-order valence-corrected chi connectivity index (χ0v) is 15.6. The number of benzene rings is 2. The lowest BCUT2D eigenvalue weighted by Gasteiger charge is -2.33. The first-order valence-electron chi connectivity index (χ1n) is 8.61. The van der Waals surface area contributed by atoms with E-state index in [2.05, 4.69) is 29.2 Å². The van der Waals surface area contributed by atoms with Gasteiger partial charge >= 0.3 is 0 Å². The summed E-state index contributed by atoms with van der Waals surface area (Å²) in [4.78, 5) is 16.8. The highest BCUT2D eigenvalue weighted by Crippen LogP contribution is 2.30. The van der Waals surface area contributed by atoms with E-state index in [-0.39, 0.29) is 5.91 Å².